The van der Waals surface area contributed by atoms with Gasteiger partial charge < -0.3 is 14.8 Å². The van der Waals surface area contributed by atoms with Crippen molar-refractivity contribution in [3.05, 3.63) is 81.3 Å². The number of hydrogen-bond acceptors (Lipinski definition) is 4. The summed E-state index contributed by atoms with van der Waals surface area (Å²) in [6.45, 7) is 3.93. The van der Waals surface area contributed by atoms with Crippen molar-refractivity contribution < 1.29 is 27.8 Å². The summed E-state index contributed by atoms with van der Waals surface area (Å²) in [6, 6.07) is 10.1. The second-order valence-electron chi connectivity index (χ2n) is 8.16. The fourth-order valence-electron chi connectivity index (χ4n) is 3.55. The molecular weight excluding hydrogens is 489 g/mol. The standard InChI is InChI=1S/C24H18Cl2F2N2O4/c1-24(2)11-12-5-3-8-18(20(12)34-24)33-21-14(25)9-13(10-15(21)26)29-23(32)30-22(31)19-16(27)6-4-7-17(19)28/h3-10H,11H2,1-2H3,(H2,29,30,31,32). The summed E-state index contributed by atoms with van der Waals surface area (Å²) in [5, 5.41) is 4.34. The Kier molecular flexibility index (Phi) is 6.38. The van der Waals surface area contributed by atoms with Gasteiger partial charge in [0.05, 0.1) is 10.0 Å². The van der Waals surface area contributed by atoms with Crippen LogP contribution in [0.5, 0.6) is 17.2 Å². The summed E-state index contributed by atoms with van der Waals surface area (Å²) in [4.78, 5) is 24.3. The van der Waals surface area contributed by atoms with Gasteiger partial charge in [-0.3, -0.25) is 10.1 Å². The Balaban J connectivity index is 1.49. The Morgan fingerprint density at radius 1 is 1.03 bits per heavy atom. The van der Waals surface area contributed by atoms with Crippen LogP contribution in [0.4, 0.5) is 19.3 Å². The smallest absolute Gasteiger partial charge is 0.326 e. The molecule has 0 atom stereocenters. The molecule has 0 aliphatic carbocycles. The second-order valence-corrected chi connectivity index (χ2v) is 8.97. The molecule has 0 saturated heterocycles. The quantitative estimate of drug-likeness (QED) is 0.410. The van der Waals surface area contributed by atoms with E-state index >= 15 is 0 Å². The molecule has 34 heavy (non-hydrogen) atoms. The second kappa shape index (κ2) is 9.12. The minimum absolute atomic E-state index is 0.0733. The minimum atomic E-state index is -1.24. The predicted octanol–water partition coefficient (Wildman–Crippen LogP) is 6.74. The lowest BCUT2D eigenvalue weighted by molar-refractivity contribution is 0.0959. The highest BCUT2D eigenvalue weighted by molar-refractivity contribution is 6.37. The molecule has 0 radical (unpaired) electrons. The monoisotopic (exact) mass is 506 g/mol. The fraction of sp³-hybridized carbons (Fsp3) is 0.167. The van der Waals surface area contributed by atoms with Crippen LogP contribution in [0, 0.1) is 11.6 Å². The Morgan fingerprint density at radius 3 is 2.29 bits per heavy atom. The summed E-state index contributed by atoms with van der Waals surface area (Å²) < 4.78 is 39.4. The van der Waals surface area contributed by atoms with Crippen LogP contribution in [0.1, 0.15) is 29.8 Å². The Bertz CT molecular complexity index is 1270. The lowest BCUT2D eigenvalue weighted by Gasteiger charge is -2.19. The van der Waals surface area contributed by atoms with E-state index in [9.17, 15) is 18.4 Å². The highest BCUT2D eigenvalue weighted by Gasteiger charge is 2.32. The first-order valence-corrected chi connectivity index (χ1v) is 10.8. The molecule has 176 valence electrons. The number of urea groups is 1. The van der Waals surface area contributed by atoms with Gasteiger partial charge in [-0.1, -0.05) is 41.4 Å². The highest BCUT2D eigenvalue weighted by atomic mass is 35.5. The van der Waals surface area contributed by atoms with Crippen LogP contribution >= 0.6 is 23.2 Å². The number of benzene rings is 3. The number of rotatable bonds is 4. The molecule has 3 aromatic rings. The third-order valence-electron chi connectivity index (χ3n) is 4.94. The van der Waals surface area contributed by atoms with Gasteiger partial charge in [0.25, 0.3) is 5.91 Å². The maximum atomic E-state index is 13.7. The van der Waals surface area contributed by atoms with Crippen molar-refractivity contribution in [1.82, 2.24) is 5.32 Å². The van der Waals surface area contributed by atoms with Gasteiger partial charge in [0, 0.05) is 17.7 Å². The van der Waals surface area contributed by atoms with Gasteiger partial charge in [-0.15, -0.1) is 0 Å². The number of hydrogen-bond donors (Lipinski definition) is 2. The van der Waals surface area contributed by atoms with E-state index in [4.69, 9.17) is 32.7 Å². The molecule has 1 aliphatic heterocycles. The first-order chi connectivity index (χ1) is 16.0. The van der Waals surface area contributed by atoms with E-state index in [0.717, 1.165) is 23.8 Å². The van der Waals surface area contributed by atoms with Gasteiger partial charge in [-0.05, 0) is 44.2 Å². The maximum absolute atomic E-state index is 13.7. The fourth-order valence-corrected chi connectivity index (χ4v) is 4.11. The SMILES string of the molecule is CC1(C)Cc2cccc(Oc3c(Cl)cc(NC(=O)NC(=O)c4c(F)cccc4F)cc3Cl)c2O1. The Labute approximate surface area is 203 Å². The van der Waals surface area contributed by atoms with Crippen molar-refractivity contribution in [2.24, 2.45) is 0 Å². The summed E-state index contributed by atoms with van der Waals surface area (Å²) in [5.74, 6) is -2.27. The van der Waals surface area contributed by atoms with Gasteiger partial charge in [0.15, 0.2) is 17.2 Å². The molecule has 0 aromatic heterocycles. The summed E-state index contributed by atoms with van der Waals surface area (Å²) in [7, 11) is 0. The molecule has 2 N–H and O–H groups in total. The molecule has 1 aliphatic rings. The van der Waals surface area contributed by atoms with Crippen molar-refractivity contribution in [3.63, 3.8) is 0 Å². The molecule has 1 heterocycles. The normalized spacial score (nSPS) is 13.6. The predicted molar refractivity (Wildman–Crippen MR) is 124 cm³/mol. The minimum Gasteiger partial charge on any atom is -0.483 e. The van der Waals surface area contributed by atoms with Crippen LogP contribution in [0.2, 0.25) is 10.0 Å². The molecule has 3 aromatic carbocycles. The molecule has 0 fully saturated rings. The van der Waals surface area contributed by atoms with Crippen LogP contribution in [-0.2, 0) is 6.42 Å². The number of imide groups is 1. The Hall–Kier alpha value is -3.36. The van der Waals surface area contributed by atoms with Crippen molar-refractivity contribution in [1.29, 1.82) is 0 Å². The third kappa shape index (κ3) is 4.93. The van der Waals surface area contributed by atoms with E-state index in [1.54, 1.807) is 6.07 Å². The van der Waals surface area contributed by atoms with Gasteiger partial charge in [-0.2, -0.15) is 0 Å². The largest absolute Gasteiger partial charge is 0.483 e. The molecule has 10 heteroatoms. The third-order valence-corrected chi connectivity index (χ3v) is 5.50. The van der Waals surface area contributed by atoms with Crippen LogP contribution in [0.3, 0.4) is 0 Å². The first-order valence-electron chi connectivity index (χ1n) is 10.1. The zero-order chi connectivity index (χ0) is 24.6. The van der Waals surface area contributed by atoms with Gasteiger partial charge >= 0.3 is 6.03 Å². The molecule has 6 nitrogen and oxygen atoms in total. The maximum Gasteiger partial charge on any atom is 0.326 e. The highest BCUT2D eigenvalue weighted by Crippen LogP contribution is 2.46. The number of halogens is 4. The number of ether oxygens (including phenoxy) is 2. The number of anilines is 1. The average Bonchev–Trinajstić information content (AvgIpc) is 3.05. The summed E-state index contributed by atoms with van der Waals surface area (Å²) >= 11 is 12.7. The summed E-state index contributed by atoms with van der Waals surface area (Å²) in [6.07, 6.45) is 0.717. The van der Waals surface area contributed by atoms with Crippen molar-refractivity contribution in [2.75, 3.05) is 5.32 Å². The van der Waals surface area contributed by atoms with E-state index in [2.05, 4.69) is 5.32 Å². The van der Waals surface area contributed by atoms with Gasteiger partial charge in [-0.25, -0.2) is 13.6 Å². The molecule has 3 amide bonds. The van der Waals surface area contributed by atoms with Crippen molar-refractivity contribution >= 4 is 40.8 Å². The molecule has 0 spiro atoms. The number of para-hydroxylation sites is 1. The first kappa shape index (κ1) is 23.8. The lowest BCUT2D eigenvalue weighted by atomic mass is 10.0. The average molecular weight is 507 g/mol. The van der Waals surface area contributed by atoms with E-state index in [1.165, 1.54) is 12.1 Å². The van der Waals surface area contributed by atoms with Crippen molar-refractivity contribution in [3.8, 4) is 17.2 Å². The lowest BCUT2D eigenvalue weighted by Crippen LogP contribution is -2.35. The summed E-state index contributed by atoms with van der Waals surface area (Å²) in [5.41, 5.74) is -0.143. The molecular formula is C24H18Cl2F2N2O4. The zero-order valence-electron chi connectivity index (χ0n) is 18.0. The van der Waals surface area contributed by atoms with Gasteiger partial charge in [0.1, 0.15) is 22.8 Å². The van der Waals surface area contributed by atoms with Crippen LogP contribution in [-0.4, -0.2) is 17.5 Å². The number of amides is 3. The molecule has 0 saturated carbocycles. The van der Waals surface area contributed by atoms with Crippen molar-refractivity contribution in [2.45, 2.75) is 25.9 Å². The molecule has 4 rings (SSSR count). The molecule has 0 unspecified atom stereocenters. The Morgan fingerprint density at radius 2 is 1.65 bits per heavy atom. The number of carbonyl (C=O) groups excluding carboxylic acids is 2. The van der Waals surface area contributed by atoms with Crippen LogP contribution in [0.25, 0.3) is 0 Å². The van der Waals surface area contributed by atoms with E-state index in [-0.39, 0.29) is 27.1 Å². The number of fused-ring (bicyclic) bond motifs is 1. The zero-order valence-corrected chi connectivity index (χ0v) is 19.5. The van der Waals surface area contributed by atoms with E-state index < -0.39 is 29.1 Å². The van der Waals surface area contributed by atoms with Gasteiger partial charge in [0.2, 0.25) is 0 Å². The number of nitrogens with one attached hydrogen (secondary N) is 2. The number of carbonyl (C=O) groups is 2. The van der Waals surface area contributed by atoms with Crippen LogP contribution in [0.15, 0.2) is 48.5 Å². The topological polar surface area (TPSA) is 76.7 Å². The molecule has 0 bridgehead atoms. The van der Waals surface area contributed by atoms with E-state index in [1.807, 2.05) is 31.3 Å². The van der Waals surface area contributed by atoms with E-state index in [0.29, 0.717) is 17.9 Å². The van der Waals surface area contributed by atoms with Crippen LogP contribution < -0.4 is 20.1 Å².